The highest BCUT2D eigenvalue weighted by Crippen LogP contribution is 2.27. The van der Waals surface area contributed by atoms with Gasteiger partial charge < -0.3 is 5.32 Å². The molecule has 0 spiro atoms. The monoisotopic (exact) mass is 329 g/mol. The molecular weight excluding hydrogens is 306 g/mol. The van der Waals surface area contributed by atoms with Crippen molar-refractivity contribution < 1.29 is 9.59 Å². The number of carbonyl (C=O) groups excluding carboxylic acids is 2. The van der Waals surface area contributed by atoms with Crippen molar-refractivity contribution in [1.82, 2.24) is 9.78 Å². The van der Waals surface area contributed by atoms with Crippen molar-refractivity contribution in [2.24, 2.45) is 21.3 Å². The lowest BCUT2D eigenvalue weighted by Gasteiger charge is -2.18. The molecule has 1 N–H and O–H groups in total. The van der Waals surface area contributed by atoms with Crippen LogP contribution in [-0.4, -0.2) is 33.3 Å². The molecule has 3 rings (SSSR count). The van der Waals surface area contributed by atoms with E-state index < -0.39 is 0 Å². The summed E-state index contributed by atoms with van der Waals surface area (Å²) in [6, 6.07) is 1.76. The molecule has 24 heavy (non-hydrogen) atoms. The van der Waals surface area contributed by atoms with Gasteiger partial charge in [0, 0.05) is 18.2 Å². The molecule has 1 atom stereocenters. The van der Waals surface area contributed by atoms with Crippen LogP contribution in [0.5, 0.6) is 0 Å². The third kappa shape index (κ3) is 3.44. The van der Waals surface area contributed by atoms with Crippen LogP contribution in [0.25, 0.3) is 0 Å². The number of nitrogens with one attached hydrogen (secondary N) is 1. The van der Waals surface area contributed by atoms with Crippen LogP contribution in [0.1, 0.15) is 52.1 Å². The normalized spacial score (nSPS) is 20.5. The Morgan fingerprint density at radius 3 is 2.83 bits per heavy atom. The Balaban J connectivity index is 1.87. The molecule has 7 heteroatoms. The topological polar surface area (TPSA) is 88.7 Å². The number of aromatic nitrogens is 2. The van der Waals surface area contributed by atoms with Crippen molar-refractivity contribution in [2.45, 2.75) is 53.4 Å². The second-order valence-corrected chi connectivity index (χ2v) is 7.67. The van der Waals surface area contributed by atoms with Crippen LogP contribution in [0.15, 0.2) is 16.1 Å². The van der Waals surface area contributed by atoms with Crippen molar-refractivity contribution in [3.8, 4) is 0 Å². The Labute approximate surface area is 141 Å². The van der Waals surface area contributed by atoms with Gasteiger partial charge in [0.05, 0.1) is 11.6 Å². The lowest BCUT2D eigenvalue weighted by Crippen LogP contribution is -2.29. The van der Waals surface area contributed by atoms with Gasteiger partial charge in [-0.1, -0.05) is 20.8 Å². The van der Waals surface area contributed by atoms with Gasteiger partial charge in [0.1, 0.15) is 5.82 Å². The van der Waals surface area contributed by atoms with Gasteiger partial charge in [0.25, 0.3) is 11.9 Å². The van der Waals surface area contributed by atoms with Crippen LogP contribution < -0.4 is 5.32 Å². The minimum Gasteiger partial charge on any atom is -0.310 e. The van der Waals surface area contributed by atoms with Gasteiger partial charge in [0.15, 0.2) is 0 Å². The zero-order valence-corrected chi connectivity index (χ0v) is 14.6. The molecule has 1 unspecified atom stereocenters. The SMILES string of the molecule is Cc1cc(NC(=O)CC(C)(C)C)n(C2=NC(=O)C3CCCC3=N2)n1. The third-order valence-electron chi connectivity index (χ3n) is 4.06. The summed E-state index contributed by atoms with van der Waals surface area (Å²) in [5.41, 5.74) is 1.50. The van der Waals surface area contributed by atoms with Crippen LogP contribution in [0, 0.1) is 18.3 Å². The van der Waals surface area contributed by atoms with E-state index >= 15 is 0 Å². The van der Waals surface area contributed by atoms with Crippen LogP contribution >= 0.6 is 0 Å². The van der Waals surface area contributed by atoms with E-state index in [1.807, 2.05) is 27.7 Å². The Hall–Kier alpha value is -2.31. The zero-order chi connectivity index (χ0) is 17.5. The fourth-order valence-corrected chi connectivity index (χ4v) is 3.06. The summed E-state index contributed by atoms with van der Waals surface area (Å²) < 4.78 is 1.45. The van der Waals surface area contributed by atoms with Crippen LogP contribution in [-0.2, 0) is 9.59 Å². The minimum absolute atomic E-state index is 0.0993. The molecule has 0 radical (unpaired) electrons. The molecule has 1 saturated carbocycles. The van der Waals surface area contributed by atoms with E-state index in [1.54, 1.807) is 6.07 Å². The standard InChI is InChI=1S/C17H23N5O2/c1-10-8-13(19-14(23)9-17(2,3)4)22(21-10)16-18-12-7-5-6-11(12)15(24)20-16/h8,11H,5-7,9H2,1-4H3,(H,19,23). The molecule has 0 bridgehead atoms. The number of fused-ring (bicyclic) bond motifs is 1. The number of aryl methyl sites for hydroxylation is 1. The van der Waals surface area contributed by atoms with Gasteiger partial charge >= 0.3 is 0 Å². The van der Waals surface area contributed by atoms with Crippen molar-refractivity contribution in [1.29, 1.82) is 0 Å². The molecule has 1 aliphatic heterocycles. The van der Waals surface area contributed by atoms with E-state index in [2.05, 4.69) is 20.4 Å². The Bertz CT molecular complexity index is 752. The molecule has 2 heterocycles. The summed E-state index contributed by atoms with van der Waals surface area (Å²) >= 11 is 0. The summed E-state index contributed by atoms with van der Waals surface area (Å²) in [5.74, 6) is 0.316. The highest BCUT2D eigenvalue weighted by molar-refractivity contribution is 6.17. The van der Waals surface area contributed by atoms with Gasteiger partial charge in [-0.05, 0) is 31.6 Å². The predicted octanol–water partition coefficient (Wildman–Crippen LogP) is 2.55. The average molecular weight is 329 g/mol. The molecule has 2 amide bonds. The van der Waals surface area contributed by atoms with E-state index in [-0.39, 0.29) is 29.1 Å². The first-order chi connectivity index (χ1) is 11.2. The molecule has 1 aromatic heterocycles. The van der Waals surface area contributed by atoms with Crippen LogP contribution in [0.4, 0.5) is 5.82 Å². The highest BCUT2D eigenvalue weighted by Gasteiger charge is 2.33. The van der Waals surface area contributed by atoms with Crippen molar-refractivity contribution in [2.75, 3.05) is 5.32 Å². The molecule has 1 aliphatic carbocycles. The molecule has 2 aliphatic rings. The van der Waals surface area contributed by atoms with E-state index in [4.69, 9.17) is 0 Å². The molecule has 0 aromatic carbocycles. The number of hydrogen-bond donors (Lipinski definition) is 1. The number of carbonyl (C=O) groups is 2. The first kappa shape index (κ1) is 16.5. The number of amides is 2. The van der Waals surface area contributed by atoms with Crippen molar-refractivity contribution in [3.05, 3.63) is 11.8 Å². The maximum atomic E-state index is 12.2. The number of hydrogen-bond acceptors (Lipinski definition) is 4. The molecule has 1 fully saturated rings. The molecule has 1 aromatic rings. The molecule has 128 valence electrons. The second kappa shape index (κ2) is 5.96. The van der Waals surface area contributed by atoms with E-state index in [9.17, 15) is 9.59 Å². The lowest BCUT2D eigenvalue weighted by atomic mass is 9.92. The lowest BCUT2D eigenvalue weighted by molar-refractivity contribution is -0.120. The van der Waals surface area contributed by atoms with Gasteiger partial charge in [-0.2, -0.15) is 14.8 Å². The zero-order valence-electron chi connectivity index (χ0n) is 14.6. The van der Waals surface area contributed by atoms with Gasteiger partial charge in [-0.3, -0.25) is 9.59 Å². The number of rotatable bonds is 2. The van der Waals surface area contributed by atoms with E-state index in [0.29, 0.717) is 12.2 Å². The summed E-state index contributed by atoms with van der Waals surface area (Å²) in [6.45, 7) is 7.84. The fourth-order valence-electron chi connectivity index (χ4n) is 3.06. The largest absolute Gasteiger partial charge is 0.310 e. The van der Waals surface area contributed by atoms with Gasteiger partial charge in [0.2, 0.25) is 5.91 Å². The fraction of sp³-hybridized carbons (Fsp3) is 0.588. The van der Waals surface area contributed by atoms with E-state index in [0.717, 1.165) is 30.7 Å². The quantitative estimate of drug-likeness (QED) is 0.904. The number of nitrogens with zero attached hydrogens (tertiary/aromatic N) is 4. The Kier molecular flexibility index (Phi) is 4.11. The Morgan fingerprint density at radius 1 is 1.38 bits per heavy atom. The summed E-state index contributed by atoms with van der Waals surface area (Å²) in [4.78, 5) is 33.0. The van der Waals surface area contributed by atoms with Crippen LogP contribution in [0.2, 0.25) is 0 Å². The summed E-state index contributed by atoms with van der Waals surface area (Å²) in [7, 11) is 0. The first-order valence-electron chi connectivity index (χ1n) is 8.30. The summed E-state index contributed by atoms with van der Waals surface area (Å²) in [6.07, 6.45) is 2.99. The number of aliphatic imine (C=N–C) groups is 2. The number of anilines is 1. The highest BCUT2D eigenvalue weighted by atomic mass is 16.2. The van der Waals surface area contributed by atoms with Gasteiger partial charge in [-0.25, -0.2) is 4.99 Å². The molecule has 7 nitrogen and oxygen atoms in total. The Morgan fingerprint density at radius 2 is 2.12 bits per heavy atom. The predicted molar refractivity (Wildman–Crippen MR) is 92.3 cm³/mol. The minimum atomic E-state index is -0.163. The van der Waals surface area contributed by atoms with E-state index in [1.165, 1.54) is 4.68 Å². The second-order valence-electron chi connectivity index (χ2n) is 7.67. The summed E-state index contributed by atoms with van der Waals surface area (Å²) in [5, 5.41) is 7.20. The average Bonchev–Trinajstić information content (AvgIpc) is 3.03. The van der Waals surface area contributed by atoms with Gasteiger partial charge in [-0.15, -0.1) is 0 Å². The van der Waals surface area contributed by atoms with Crippen molar-refractivity contribution in [3.63, 3.8) is 0 Å². The van der Waals surface area contributed by atoms with Crippen molar-refractivity contribution >= 4 is 29.3 Å². The van der Waals surface area contributed by atoms with Crippen LogP contribution in [0.3, 0.4) is 0 Å². The maximum Gasteiger partial charge on any atom is 0.257 e. The molecule has 0 saturated heterocycles. The smallest absolute Gasteiger partial charge is 0.257 e. The molecular formula is C17H23N5O2. The maximum absolute atomic E-state index is 12.2. The third-order valence-corrected chi connectivity index (χ3v) is 4.06. The first-order valence-corrected chi connectivity index (χ1v) is 8.30.